The highest BCUT2D eigenvalue weighted by Crippen LogP contribution is 2.16. The van der Waals surface area contributed by atoms with Gasteiger partial charge in [0.15, 0.2) is 5.03 Å². The molecule has 0 aliphatic rings. The zero-order valence-electron chi connectivity index (χ0n) is 3.49. The third-order valence-electron chi connectivity index (χ3n) is 0.354. The molecule has 0 saturated carbocycles. The van der Waals surface area contributed by atoms with Crippen LogP contribution in [0.4, 0.5) is 0 Å². The molecule has 0 heterocycles. The Morgan fingerprint density at radius 3 is 1.62 bits per heavy atom. The fraction of sp³-hybridized carbons (Fsp3) is 0. The normalized spacial score (nSPS) is 8.38. The fourth-order valence-electron chi connectivity index (χ4n) is 0.0808. The lowest BCUT2D eigenvalue weighted by Crippen LogP contribution is -1.93. The quantitative estimate of drug-likeness (QED) is 0.621. The van der Waals surface area contributed by atoms with Crippen molar-refractivity contribution in [1.82, 2.24) is 0 Å². The molecule has 2 nitrogen and oxygen atoms in total. The van der Waals surface area contributed by atoms with Gasteiger partial charge in [0, 0.05) is 0 Å². The van der Waals surface area contributed by atoms with Crippen LogP contribution in [0.3, 0.4) is 0 Å². The van der Waals surface area contributed by atoms with Gasteiger partial charge in [0.1, 0.15) is 4.49 Å². The summed E-state index contributed by atoms with van der Waals surface area (Å²) in [6.45, 7) is 0. The minimum atomic E-state index is -1.33. The van der Waals surface area contributed by atoms with Crippen molar-refractivity contribution in [1.29, 1.82) is 0 Å². The molecule has 0 aromatic carbocycles. The minimum absolute atomic E-state index is 0.431. The minimum Gasteiger partial charge on any atom is -0.477 e. The van der Waals surface area contributed by atoms with Gasteiger partial charge in [0.25, 0.3) is 0 Å². The van der Waals surface area contributed by atoms with Gasteiger partial charge in [-0.15, -0.1) is 0 Å². The van der Waals surface area contributed by atoms with Crippen molar-refractivity contribution < 1.29 is 9.90 Å². The van der Waals surface area contributed by atoms with Crippen molar-refractivity contribution in [3.05, 3.63) is 9.52 Å². The van der Waals surface area contributed by atoms with Crippen molar-refractivity contribution >= 4 is 40.8 Å². The van der Waals surface area contributed by atoms with Crippen LogP contribution in [0.5, 0.6) is 0 Å². The van der Waals surface area contributed by atoms with Gasteiger partial charge in [-0.1, -0.05) is 34.8 Å². The number of aliphatic carboxylic acids is 1. The highest BCUT2D eigenvalue weighted by Gasteiger charge is 2.06. The first-order chi connectivity index (χ1) is 3.55. The summed E-state index contributed by atoms with van der Waals surface area (Å²) in [5.74, 6) is -1.33. The zero-order valence-corrected chi connectivity index (χ0v) is 5.76. The number of carbonyl (C=O) groups is 1. The molecule has 0 amide bonds. The van der Waals surface area contributed by atoms with E-state index < -0.39 is 15.5 Å². The molecule has 0 spiro atoms. The van der Waals surface area contributed by atoms with Gasteiger partial charge in [-0.25, -0.2) is 4.79 Å². The number of rotatable bonds is 1. The number of hydrogen-bond acceptors (Lipinski definition) is 1. The van der Waals surface area contributed by atoms with E-state index >= 15 is 0 Å². The molecule has 0 aliphatic heterocycles. The summed E-state index contributed by atoms with van der Waals surface area (Å²) in [5, 5.41) is 7.43. The smallest absolute Gasteiger partial charge is 0.349 e. The highest BCUT2D eigenvalue weighted by atomic mass is 36.1. The lowest BCUT2D eigenvalue weighted by Gasteiger charge is -1.85. The van der Waals surface area contributed by atoms with Gasteiger partial charge in [0.05, 0.1) is 0 Å². The second kappa shape index (κ2) is 3.17. The van der Waals surface area contributed by atoms with Crippen LogP contribution in [-0.2, 0) is 4.79 Å². The van der Waals surface area contributed by atoms with Crippen LogP contribution in [0, 0.1) is 0 Å². The molecule has 8 heavy (non-hydrogen) atoms. The van der Waals surface area contributed by atoms with E-state index in [-0.39, 0.29) is 0 Å². The van der Waals surface area contributed by atoms with Gasteiger partial charge in [-0.3, -0.25) is 0 Å². The largest absolute Gasteiger partial charge is 0.477 e. The van der Waals surface area contributed by atoms with E-state index in [1.165, 1.54) is 0 Å². The summed E-state index contributed by atoms with van der Waals surface area (Å²) in [6, 6.07) is 0. The van der Waals surface area contributed by atoms with Crippen molar-refractivity contribution in [2.24, 2.45) is 0 Å². The van der Waals surface area contributed by atoms with Crippen molar-refractivity contribution in [2.45, 2.75) is 0 Å². The molecule has 0 aromatic heterocycles. The number of carboxylic acids is 1. The van der Waals surface area contributed by atoms with E-state index in [0.717, 1.165) is 0 Å². The third kappa shape index (κ3) is 2.40. The van der Waals surface area contributed by atoms with Crippen LogP contribution in [0.25, 0.3) is 0 Å². The highest BCUT2D eigenvalue weighted by molar-refractivity contribution is 6.62. The Kier molecular flexibility index (Phi) is 3.21. The maximum absolute atomic E-state index is 9.78. The van der Waals surface area contributed by atoms with Crippen LogP contribution in [0.2, 0.25) is 0 Å². The fourth-order valence-corrected chi connectivity index (χ4v) is 0.243. The summed E-state index contributed by atoms with van der Waals surface area (Å²) in [6.07, 6.45) is 0. The molecular formula is C3HCl3O2. The lowest BCUT2D eigenvalue weighted by atomic mass is 10.7. The first kappa shape index (κ1) is 8.08. The summed E-state index contributed by atoms with van der Waals surface area (Å²) in [7, 11) is 0. The van der Waals surface area contributed by atoms with Crippen LogP contribution in [0.1, 0.15) is 0 Å². The first-order valence-electron chi connectivity index (χ1n) is 1.49. The molecule has 0 saturated heterocycles. The van der Waals surface area contributed by atoms with Crippen LogP contribution >= 0.6 is 34.8 Å². The molecule has 0 fully saturated rings. The monoisotopic (exact) mass is 177 g/mol. The van der Waals surface area contributed by atoms with Gasteiger partial charge in [-0.2, -0.15) is 0 Å². The van der Waals surface area contributed by atoms with Gasteiger partial charge >= 0.3 is 5.97 Å². The van der Waals surface area contributed by atoms with Gasteiger partial charge < -0.3 is 5.11 Å². The second-order valence-electron chi connectivity index (χ2n) is 0.880. The SMILES string of the molecule is O=C(O)C([36Cl])=C([36Cl])[36Cl]. The lowest BCUT2D eigenvalue weighted by molar-refractivity contribution is -0.131. The van der Waals surface area contributed by atoms with Crippen molar-refractivity contribution in [2.75, 3.05) is 0 Å². The first-order valence-corrected chi connectivity index (χ1v) is 2.63. The molecular weight excluding hydrogens is 176 g/mol. The van der Waals surface area contributed by atoms with E-state index in [1.807, 2.05) is 0 Å². The maximum Gasteiger partial charge on any atom is 0.349 e. The Morgan fingerprint density at radius 2 is 1.62 bits per heavy atom. The summed E-state index contributed by atoms with van der Waals surface area (Å²) < 4.78 is -0.431. The Bertz CT molecular complexity index is 135. The maximum atomic E-state index is 9.78. The molecule has 0 atom stereocenters. The molecule has 0 aliphatic carbocycles. The standard InChI is InChI=1S/C3HCl3O2/c4-1(2(5)6)3(7)8/h(H,7,8)/i4+1,5+1,6+1. The van der Waals surface area contributed by atoms with E-state index in [1.54, 1.807) is 0 Å². The summed E-state index contributed by atoms with van der Waals surface area (Å²) in [4.78, 5) is 9.78. The molecule has 46 valence electrons. The van der Waals surface area contributed by atoms with E-state index in [0.29, 0.717) is 0 Å². The molecule has 0 aromatic rings. The van der Waals surface area contributed by atoms with E-state index in [4.69, 9.17) is 39.9 Å². The molecule has 1 N–H and O–H groups in total. The third-order valence-corrected chi connectivity index (χ3v) is 1.28. The molecule has 0 rings (SSSR count). The number of carboxylic acid groups (broad SMARTS) is 1. The van der Waals surface area contributed by atoms with Gasteiger partial charge in [-0.05, 0) is 0 Å². The average molecular weight is 177 g/mol. The van der Waals surface area contributed by atoms with Crippen molar-refractivity contribution in [3.8, 4) is 0 Å². The molecule has 0 radical (unpaired) electrons. The Morgan fingerprint density at radius 1 is 1.25 bits per heavy atom. The zero-order chi connectivity index (χ0) is 6.73. The topological polar surface area (TPSA) is 37.3 Å². The predicted octanol–water partition coefficient (Wildman–Crippen LogP) is 1.96. The Labute approximate surface area is 60.6 Å². The average Bonchev–Trinajstić information content (AvgIpc) is 1.64. The Hall–Kier alpha value is 0.0800. The second-order valence-corrected chi connectivity index (χ2v) is 2.21. The van der Waals surface area contributed by atoms with Crippen LogP contribution < -0.4 is 0 Å². The van der Waals surface area contributed by atoms with E-state index in [9.17, 15) is 4.79 Å². The number of hydrogen-bond donors (Lipinski definition) is 1. The van der Waals surface area contributed by atoms with Crippen molar-refractivity contribution in [3.63, 3.8) is 0 Å². The molecule has 0 bridgehead atoms. The summed E-state index contributed by atoms with van der Waals surface area (Å²) in [5.41, 5.74) is 0. The number of halogens is 3. The molecule has 0 unspecified atom stereocenters. The Balaban J connectivity index is 4.23. The molecule has 5 heteroatoms. The van der Waals surface area contributed by atoms with Gasteiger partial charge in [0.2, 0.25) is 0 Å². The summed E-state index contributed by atoms with van der Waals surface area (Å²) >= 11 is 14.9. The predicted molar refractivity (Wildman–Crippen MR) is 32.2 cm³/mol. The van der Waals surface area contributed by atoms with Crippen LogP contribution in [0.15, 0.2) is 9.52 Å². The van der Waals surface area contributed by atoms with E-state index in [2.05, 4.69) is 0 Å². The van der Waals surface area contributed by atoms with Crippen LogP contribution in [-0.4, -0.2) is 11.1 Å².